The third kappa shape index (κ3) is 3.50. The van der Waals surface area contributed by atoms with Crippen LogP contribution in [0.2, 0.25) is 0 Å². The van der Waals surface area contributed by atoms with E-state index in [1.54, 1.807) is 0 Å². The van der Waals surface area contributed by atoms with Crippen LogP contribution in [0.25, 0.3) is 86.3 Å². The lowest BCUT2D eigenvalue weighted by Gasteiger charge is -2.12. The summed E-state index contributed by atoms with van der Waals surface area (Å²) in [6.07, 6.45) is 0. The molecule has 0 saturated carbocycles. The first kappa shape index (κ1) is 24.8. The second-order valence-electron chi connectivity index (χ2n) is 11.7. The van der Waals surface area contributed by atoms with Gasteiger partial charge in [0.25, 0.3) is 0 Å². The van der Waals surface area contributed by atoms with Gasteiger partial charge in [-0.05, 0) is 59.7 Å². The summed E-state index contributed by atoms with van der Waals surface area (Å²) in [5, 5.41) is 7.71. The van der Waals surface area contributed by atoms with Crippen molar-refractivity contribution in [3.63, 3.8) is 0 Å². The predicted octanol–water partition coefficient (Wildman–Crippen LogP) is 11.9. The smallest absolute Gasteiger partial charge is 0.0641 e. The van der Waals surface area contributed by atoms with Crippen molar-refractivity contribution in [1.29, 1.82) is 0 Å². The average Bonchev–Trinajstić information content (AvgIpc) is 3.76. The summed E-state index contributed by atoms with van der Waals surface area (Å²) in [6, 6.07) is 57.6. The highest BCUT2D eigenvalue weighted by Crippen LogP contribution is 2.45. The highest BCUT2D eigenvalue weighted by atomic mass is 32.1. The molecule has 0 N–H and O–H groups in total. The Bertz CT molecular complexity index is 2760. The fourth-order valence-corrected chi connectivity index (χ4v) is 8.56. The molecule has 10 aromatic rings. The van der Waals surface area contributed by atoms with Crippen LogP contribution in [0.1, 0.15) is 0 Å². The van der Waals surface area contributed by atoms with Gasteiger partial charge >= 0.3 is 0 Å². The molecule has 0 bridgehead atoms. The predicted molar refractivity (Wildman–Crippen MR) is 193 cm³/mol. The molecule has 3 heteroatoms. The van der Waals surface area contributed by atoms with Gasteiger partial charge in [0.2, 0.25) is 0 Å². The van der Waals surface area contributed by atoms with Crippen molar-refractivity contribution < 1.29 is 0 Å². The zero-order chi connectivity index (χ0) is 29.5. The molecule has 10 rings (SSSR count). The molecule has 0 aliphatic heterocycles. The quantitative estimate of drug-likeness (QED) is 0.194. The van der Waals surface area contributed by atoms with E-state index in [9.17, 15) is 0 Å². The number of para-hydroxylation sites is 2. The first-order valence-corrected chi connectivity index (χ1v) is 16.2. The Morgan fingerprint density at radius 1 is 0.378 bits per heavy atom. The zero-order valence-corrected chi connectivity index (χ0v) is 25.1. The highest BCUT2D eigenvalue weighted by Gasteiger charge is 2.22. The Hall–Kier alpha value is -5.64. The van der Waals surface area contributed by atoms with Crippen LogP contribution in [-0.4, -0.2) is 9.13 Å². The Kier molecular flexibility index (Phi) is 5.19. The van der Waals surface area contributed by atoms with Crippen LogP contribution in [0.3, 0.4) is 0 Å². The second kappa shape index (κ2) is 9.43. The maximum atomic E-state index is 2.53. The number of thiophene rings is 1. The maximum Gasteiger partial charge on any atom is 0.0641 e. The van der Waals surface area contributed by atoms with Gasteiger partial charge in [-0.15, -0.1) is 11.3 Å². The fourth-order valence-electron chi connectivity index (χ4n) is 7.43. The third-order valence-corrected chi connectivity index (χ3v) is 10.4. The van der Waals surface area contributed by atoms with Crippen LogP contribution in [0.15, 0.2) is 158 Å². The van der Waals surface area contributed by atoms with Crippen molar-refractivity contribution in [3.8, 4) is 22.5 Å². The lowest BCUT2D eigenvalue weighted by molar-refractivity contribution is 1.18. The Morgan fingerprint density at radius 3 is 1.91 bits per heavy atom. The van der Waals surface area contributed by atoms with Crippen LogP contribution in [0.5, 0.6) is 0 Å². The van der Waals surface area contributed by atoms with Crippen LogP contribution in [0.4, 0.5) is 0 Å². The zero-order valence-electron chi connectivity index (χ0n) is 24.3. The summed E-state index contributed by atoms with van der Waals surface area (Å²) in [5.41, 5.74) is 9.73. The van der Waals surface area contributed by atoms with Crippen molar-refractivity contribution in [2.24, 2.45) is 0 Å². The molecule has 0 amide bonds. The van der Waals surface area contributed by atoms with E-state index in [0.717, 1.165) is 5.69 Å². The van der Waals surface area contributed by atoms with Gasteiger partial charge in [0, 0.05) is 47.4 Å². The van der Waals surface area contributed by atoms with Crippen molar-refractivity contribution >= 4 is 75.1 Å². The minimum atomic E-state index is 1.16. The molecule has 0 saturated heterocycles. The largest absolute Gasteiger partial charge is 0.309 e. The third-order valence-electron chi connectivity index (χ3n) is 9.30. The van der Waals surface area contributed by atoms with E-state index >= 15 is 0 Å². The van der Waals surface area contributed by atoms with Crippen LogP contribution >= 0.6 is 11.3 Å². The maximum absolute atomic E-state index is 2.53. The first-order valence-electron chi connectivity index (χ1n) is 15.4. The summed E-state index contributed by atoms with van der Waals surface area (Å²) in [4.78, 5) is 0. The molecule has 0 fully saturated rings. The molecule has 0 unspecified atom stereocenters. The molecule has 0 aliphatic carbocycles. The summed E-state index contributed by atoms with van der Waals surface area (Å²) in [5.74, 6) is 0. The van der Waals surface area contributed by atoms with E-state index < -0.39 is 0 Å². The van der Waals surface area contributed by atoms with E-state index in [1.165, 1.54) is 80.6 Å². The van der Waals surface area contributed by atoms with Gasteiger partial charge in [-0.2, -0.15) is 0 Å². The number of hydrogen-bond acceptors (Lipinski definition) is 1. The van der Waals surface area contributed by atoms with E-state index in [4.69, 9.17) is 0 Å². The molecule has 45 heavy (non-hydrogen) atoms. The Labute approximate surface area is 263 Å². The molecule has 0 atom stereocenters. The number of hydrogen-bond donors (Lipinski definition) is 0. The van der Waals surface area contributed by atoms with E-state index in [-0.39, 0.29) is 0 Å². The number of rotatable bonds is 3. The van der Waals surface area contributed by atoms with Crippen molar-refractivity contribution in [1.82, 2.24) is 9.13 Å². The lowest BCUT2D eigenvalue weighted by atomic mass is 10.1. The molecule has 2 nitrogen and oxygen atoms in total. The monoisotopic (exact) mass is 590 g/mol. The van der Waals surface area contributed by atoms with Crippen molar-refractivity contribution in [3.05, 3.63) is 158 Å². The highest BCUT2D eigenvalue weighted by molar-refractivity contribution is 7.25. The van der Waals surface area contributed by atoms with Crippen molar-refractivity contribution in [2.75, 3.05) is 0 Å². The summed E-state index contributed by atoms with van der Waals surface area (Å²) in [7, 11) is 0. The van der Waals surface area contributed by atoms with Crippen molar-refractivity contribution in [2.45, 2.75) is 0 Å². The van der Waals surface area contributed by atoms with Crippen LogP contribution < -0.4 is 0 Å². The molecule has 0 aliphatic rings. The van der Waals surface area contributed by atoms with E-state index in [0.29, 0.717) is 0 Å². The number of nitrogens with zero attached hydrogens (tertiary/aromatic N) is 2. The Morgan fingerprint density at radius 2 is 1.04 bits per heavy atom. The van der Waals surface area contributed by atoms with Crippen LogP contribution in [0, 0.1) is 0 Å². The minimum absolute atomic E-state index is 1.16. The van der Waals surface area contributed by atoms with Gasteiger partial charge in [0.1, 0.15) is 0 Å². The molecule has 7 aromatic carbocycles. The molecule has 0 radical (unpaired) electrons. The van der Waals surface area contributed by atoms with E-state index in [2.05, 4.69) is 167 Å². The molecular weight excluding hydrogens is 565 g/mol. The standard InChI is InChI=1S/C42H26N2S/c1-2-12-27(13-3-1)28-14-10-15-29(26-28)43-35-20-8-5-17-32(35)41-37(43)25-24-31-30-16-4-7-19-34(30)44(42(31)41)36-21-11-23-39-40(36)33-18-6-9-22-38(33)45-39/h1-26H. The van der Waals surface area contributed by atoms with Gasteiger partial charge in [0.05, 0.1) is 27.8 Å². The van der Waals surface area contributed by atoms with Gasteiger partial charge in [-0.3, -0.25) is 0 Å². The van der Waals surface area contributed by atoms with E-state index in [1.807, 2.05) is 11.3 Å². The minimum Gasteiger partial charge on any atom is -0.309 e. The van der Waals surface area contributed by atoms with Gasteiger partial charge in [-0.25, -0.2) is 0 Å². The van der Waals surface area contributed by atoms with Gasteiger partial charge in [0.15, 0.2) is 0 Å². The SMILES string of the molecule is c1ccc(-c2cccc(-n3c4ccccc4c4c3ccc3c5ccccc5n(-c5cccc6sc7ccccc7c56)c34)c2)cc1. The molecular formula is C42H26N2S. The van der Waals surface area contributed by atoms with Crippen LogP contribution in [-0.2, 0) is 0 Å². The topological polar surface area (TPSA) is 9.86 Å². The summed E-state index contributed by atoms with van der Waals surface area (Å²) in [6.45, 7) is 0. The molecule has 3 aromatic heterocycles. The summed E-state index contributed by atoms with van der Waals surface area (Å²) >= 11 is 1.87. The van der Waals surface area contributed by atoms with Gasteiger partial charge in [-0.1, -0.05) is 109 Å². The number of fused-ring (bicyclic) bond motifs is 10. The average molecular weight is 591 g/mol. The fraction of sp³-hybridized carbons (Fsp3) is 0. The number of aromatic nitrogens is 2. The van der Waals surface area contributed by atoms with Gasteiger partial charge < -0.3 is 9.13 Å². The molecule has 0 spiro atoms. The lowest BCUT2D eigenvalue weighted by Crippen LogP contribution is -1.96. The molecule has 3 heterocycles. The summed E-state index contributed by atoms with van der Waals surface area (Å²) < 4.78 is 7.61. The molecule has 210 valence electrons. The first-order chi connectivity index (χ1) is 22.3. The number of benzene rings is 7. The second-order valence-corrected chi connectivity index (χ2v) is 12.8. The Balaban J connectivity index is 1.38. The normalized spacial score (nSPS) is 12.0.